The quantitative estimate of drug-likeness (QED) is 0.740. The number of anilines is 1. The predicted octanol–water partition coefficient (Wildman–Crippen LogP) is 1.84. The Bertz CT molecular complexity index is 846. The second kappa shape index (κ2) is 10.4. The molecule has 1 N–H and O–H groups in total. The third kappa shape index (κ3) is 6.07. The number of carbonyl (C=O) groups is 2. The highest BCUT2D eigenvalue weighted by molar-refractivity contribution is 5.82. The second-order valence-electron chi connectivity index (χ2n) is 7.22. The van der Waals surface area contributed by atoms with Crippen molar-refractivity contribution in [3.8, 4) is 5.88 Å². The van der Waals surface area contributed by atoms with Crippen LogP contribution in [0.3, 0.4) is 0 Å². The zero-order chi connectivity index (χ0) is 21.3. The third-order valence-electron chi connectivity index (χ3n) is 4.68. The van der Waals surface area contributed by atoms with E-state index in [4.69, 9.17) is 9.47 Å². The molecule has 2 aromatic rings. The van der Waals surface area contributed by atoms with E-state index >= 15 is 0 Å². The molecular formula is C21H27N5O4. The second-order valence-corrected chi connectivity index (χ2v) is 7.22. The summed E-state index contributed by atoms with van der Waals surface area (Å²) in [5, 5.41) is 2.52. The van der Waals surface area contributed by atoms with Crippen LogP contribution in [0.4, 0.5) is 10.6 Å². The van der Waals surface area contributed by atoms with Gasteiger partial charge in [-0.25, -0.2) is 14.8 Å². The molecule has 9 heteroatoms. The summed E-state index contributed by atoms with van der Waals surface area (Å²) >= 11 is 0. The summed E-state index contributed by atoms with van der Waals surface area (Å²) in [6.07, 6.45) is 4.03. The molecule has 30 heavy (non-hydrogen) atoms. The smallest absolute Gasteiger partial charge is 0.407 e. The van der Waals surface area contributed by atoms with Crippen LogP contribution in [-0.2, 0) is 16.1 Å². The first kappa shape index (κ1) is 21.4. The van der Waals surface area contributed by atoms with Gasteiger partial charge in [0.05, 0.1) is 6.54 Å². The van der Waals surface area contributed by atoms with E-state index < -0.39 is 6.09 Å². The lowest BCUT2D eigenvalue weighted by Crippen LogP contribution is -2.48. The molecule has 1 fully saturated rings. The maximum Gasteiger partial charge on any atom is 0.407 e. The van der Waals surface area contributed by atoms with Crippen molar-refractivity contribution < 1.29 is 19.1 Å². The van der Waals surface area contributed by atoms with E-state index in [1.807, 2.05) is 49.3 Å². The van der Waals surface area contributed by atoms with Crippen molar-refractivity contribution in [1.29, 1.82) is 0 Å². The van der Waals surface area contributed by atoms with Crippen molar-refractivity contribution in [2.45, 2.75) is 25.6 Å². The number of amides is 2. The molecule has 9 nitrogen and oxygen atoms in total. The minimum Gasteiger partial charge on any atom is -0.470 e. The summed E-state index contributed by atoms with van der Waals surface area (Å²) in [6, 6.07) is 9.37. The lowest BCUT2D eigenvalue weighted by molar-refractivity contribution is -0.132. The van der Waals surface area contributed by atoms with Crippen LogP contribution < -0.4 is 15.0 Å². The van der Waals surface area contributed by atoms with E-state index in [1.165, 1.54) is 0 Å². The molecular weight excluding hydrogens is 386 g/mol. The van der Waals surface area contributed by atoms with Crippen molar-refractivity contribution >= 4 is 17.8 Å². The molecule has 1 aliphatic rings. The van der Waals surface area contributed by atoms with Crippen LogP contribution in [-0.4, -0.2) is 66.7 Å². The maximum absolute atomic E-state index is 12.5. The van der Waals surface area contributed by atoms with Gasteiger partial charge in [-0.1, -0.05) is 30.3 Å². The summed E-state index contributed by atoms with van der Waals surface area (Å²) in [4.78, 5) is 36.4. The fourth-order valence-corrected chi connectivity index (χ4v) is 3.16. The van der Waals surface area contributed by atoms with E-state index in [-0.39, 0.29) is 25.2 Å². The number of piperidine rings is 1. The largest absolute Gasteiger partial charge is 0.470 e. The van der Waals surface area contributed by atoms with Crippen LogP contribution in [0.25, 0.3) is 0 Å². The van der Waals surface area contributed by atoms with Crippen LogP contribution in [0.1, 0.15) is 18.4 Å². The topological polar surface area (TPSA) is 96.9 Å². The van der Waals surface area contributed by atoms with Gasteiger partial charge in [0.15, 0.2) is 5.82 Å². The van der Waals surface area contributed by atoms with Crippen LogP contribution in [0, 0.1) is 0 Å². The number of benzene rings is 1. The molecule has 3 rings (SSSR count). The van der Waals surface area contributed by atoms with Crippen LogP contribution in [0.15, 0.2) is 42.7 Å². The molecule has 0 saturated carbocycles. The molecule has 1 aromatic heterocycles. The highest BCUT2D eigenvalue weighted by Gasteiger charge is 2.26. The van der Waals surface area contributed by atoms with Crippen molar-refractivity contribution in [2.75, 3.05) is 38.6 Å². The highest BCUT2D eigenvalue weighted by atomic mass is 16.5. The first-order valence-corrected chi connectivity index (χ1v) is 9.90. The number of aromatic nitrogens is 2. The number of likely N-dealkylation sites (tertiary alicyclic amines) is 1. The molecule has 1 atom stereocenters. The molecule has 0 radical (unpaired) electrons. The standard InChI is InChI=1S/C21H27N5O4/c1-25(2)19-20(23-11-10-22-19)30-17-9-6-12-26(14-17)18(27)13-24-21(28)29-15-16-7-4-3-5-8-16/h3-5,7-8,10-11,17H,6,9,12-15H2,1-2H3,(H,24,28). The van der Waals surface area contributed by atoms with Gasteiger partial charge < -0.3 is 24.6 Å². The number of hydrogen-bond donors (Lipinski definition) is 1. The van der Waals surface area contributed by atoms with E-state index in [0.717, 1.165) is 18.4 Å². The fraction of sp³-hybridized carbons (Fsp3) is 0.429. The Labute approximate surface area is 176 Å². The number of nitrogens with zero attached hydrogens (tertiary/aromatic N) is 4. The Morgan fingerprint density at radius 3 is 2.73 bits per heavy atom. The Morgan fingerprint density at radius 1 is 1.20 bits per heavy atom. The first-order valence-electron chi connectivity index (χ1n) is 9.90. The number of hydrogen-bond acceptors (Lipinski definition) is 7. The molecule has 1 saturated heterocycles. The van der Waals surface area contributed by atoms with E-state index in [9.17, 15) is 9.59 Å². The Hall–Kier alpha value is -3.36. The summed E-state index contributed by atoms with van der Waals surface area (Å²) < 4.78 is 11.2. The zero-order valence-corrected chi connectivity index (χ0v) is 17.3. The molecule has 0 bridgehead atoms. The van der Waals surface area contributed by atoms with Gasteiger partial charge in [-0.05, 0) is 18.4 Å². The van der Waals surface area contributed by atoms with Crippen LogP contribution in [0.5, 0.6) is 5.88 Å². The molecule has 1 aromatic carbocycles. The lowest BCUT2D eigenvalue weighted by atomic mass is 10.1. The third-order valence-corrected chi connectivity index (χ3v) is 4.68. The molecule has 1 aliphatic heterocycles. The van der Waals surface area contributed by atoms with Gasteiger partial charge in [0.25, 0.3) is 5.88 Å². The molecule has 2 amide bonds. The van der Waals surface area contributed by atoms with Gasteiger partial charge in [-0.15, -0.1) is 0 Å². The first-order chi connectivity index (χ1) is 14.5. The lowest BCUT2D eigenvalue weighted by Gasteiger charge is -2.33. The van der Waals surface area contributed by atoms with Crippen molar-refractivity contribution in [3.63, 3.8) is 0 Å². The summed E-state index contributed by atoms with van der Waals surface area (Å²) in [6.45, 7) is 1.10. The van der Waals surface area contributed by atoms with Crippen molar-refractivity contribution in [2.24, 2.45) is 0 Å². The van der Waals surface area contributed by atoms with Gasteiger partial charge in [-0.2, -0.15) is 0 Å². The minimum absolute atomic E-state index is 0.117. The summed E-state index contributed by atoms with van der Waals surface area (Å²) in [5.74, 6) is 0.917. The van der Waals surface area contributed by atoms with Gasteiger partial charge in [0.1, 0.15) is 19.3 Å². The average molecular weight is 413 g/mol. The van der Waals surface area contributed by atoms with E-state index in [2.05, 4.69) is 15.3 Å². The summed E-state index contributed by atoms with van der Waals surface area (Å²) in [5.41, 5.74) is 0.885. The van der Waals surface area contributed by atoms with Crippen molar-refractivity contribution in [1.82, 2.24) is 20.2 Å². The van der Waals surface area contributed by atoms with Crippen LogP contribution >= 0.6 is 0 Å². The van der Waals surface area contributed by atoms with E-state index in [1.54, 1.807) is 17.3 Å². The monoisotopic (exact) mass is 413 g/mol. The Balaban J connectivity index is 1.45. The summed E-state index contributed by atoms with van der Waals surface area (Å²) in [7, 11) is 3.74. The van der Waals surface area contributed by atoms with Gasteiger partial charge in [0.2, 0.25) is 5.91 Å². The Kier molecular flexibility index (Phi) is 7.42. The number of alkyl carbamates (subject to hydrolysis) is 1. The van der Waals surface area contributed by atoms with Crippen LogP contribution in [0.2, 0.25) is 0 Å². The Morgan fingerprint density at radius 2 is 1.97 bits per heavy atom. The minimum atomic E-state index is -0.618. The molecule has 160 valence electrons. The maximum atomic E-state index is 12.5. The molecule has 1 unspecified atom stereocenters. The van der Waals surface area contributed by atoms with Gasteiger partial charge in [0, 0.05) is 33.0 Å². The number of carbonyl (C=O) groups excluding carboxylic acids is 2. The predicted molar refractivity (Wildman–Crippen MR) is 111 cm³/mol. The SMILES string of the molecule is CN(C)c1nccnc1OC1CCCN(C(=O)CNC(=O)OCc2ccccc2)C1. The fourth-order valence-electron chi connectivity index (χ4n) is 3.16. The zero-order valence-electron chi connectivity index (χ0n) is 17.3. The van der Waals surface area contributed by atoms with E-state index in [0.29, 0.717) is 24.8 Å². The molecule has 0 aliphatic carbocycles. The van der Waals surface area contributed by atoms with Gasteiger partial charge >= 0.3 is 6.09 Å². The molecule has 2 heterocycles. The van der Waals surface area contributed by atoms with Gasteiger partial charge in [-0.3, -0.25) is 4.79 Å². The number of ether oxygens (including phenoxy) is 2. The molecule has 0 spiro atoms. The van der Waals surface area contributed by atoms with Crippen molar-refractivity contribution in [3.05, 3.63) is 48.3 Å². The number of nitrogens with one attached hydrogen (secondary N) is 1. The number of rotatable bonds is 7. The normalized spacial score (nSPS) is 15.9. The average Bonchev–Trinajstić information content (AvgIpc) is 2.77. The highest BCUT2D eigenvalue weighted by Crippen LogP contribution is 2.24.